The molecule has 0 heterocycles. The highest BCUT2D eigenvalue weighted by Gasteiger charge is 2.05. The van der Waals surface area contributed by atoms with Gasteiger partial charge in [-0.3, -0.25) is 0 Å². The first-order chi connectivity index (χ1) is 10.1. The van der Waals surface area contributed by atoms with Gasteiger partial charge < -0.3 is 9.84 Å². The zero-order valence-corrected chi connectivity index (χ0v) is 11.5. The van der Waals surface area contributed by atoms with Crippen LogP contribution in [0.4, 0.5) is 4.39 Å². The van der Waals surface area contributed by atoms with Gasteiger partial charge in [0.1, 0.15) is 17.3 Å². The maximum atomic E-state index is 13.3. The fraction of sp³-hybridized carbons (Fsp3) is 0.118. The first-order valence-electron chi connectivity index (χ1n) is 6.56. The van der Waals surface area contributed by atoms with E-state index in [1.165, 1.54) is 24.3 Å². The van der Waals surface area contributed by atoms with Gasteiger partial charge in [0.2, 0.25) is 0 Å². The number of aryl methyl sites for hydroxylation is 1. The molecule has 2 rings (SSSR count). The third-order valence-corrected chi connectivity index (χ3v) is 2.91. The van der Waals surface area contributed by atoms with Crippen LogP contribution in [0.3, 0.4) is 0 Å². The summed E-state index contributed by atoms with van der Waals surface area (Å²) < 4.78 is 19.0. The molecule has 0 spiro atoms. The van der Waals surface area contributed by atoms with E-state index in [9.17, 15) is 9.18 Å². The molecule has 4 heteroatoms. The van der Waals surface area contributed by atoms with Crippen LogP contribution in [0.1, 0.15) is 18.1 Å². The molecule has 2 aromatic rings. The Bertz CT molecular complexity index is 677. The Morgan fingerprint density at radius 3 is 2.81 bits per heavy atom. The second kappa shape index (κ2) is 6.70. The highest BCUT2D eigenvalue weighted by atomic mass is 19.1. The van der Waals surface area contributed by atoms with Crippen LogP contribution in [-0.2, 0) is 11.2 Å². The number of hydrogen-bond donors (Lipinski definition) is 1. The Labute approximate surface area is 122 Å². The van der Waals surface area contributed by atoms with Crippen molar-refractivity contribution in [3.05, 3.63) is 65.5 Å². The summed E-state index contributed by atoms with van der Waals surface area (Å²) in [5.41, 5.74) is 1.50. The number of benzene rings is 2. The minimum absolute atomic E-state index is 0.374. The fourth-order valence-corrected chi connectivity index (χ4v) is 1.86. The number of rotatable bonds is 5. The summed E-state index contributed by atoms with van der Waals surface area (Å²) in [5, 5.41) is 8.67. The number of carboxylic acids is 1. The molecule has 3 nitrogen and oxygen atoms in total. The lowest BCUT2D eigenvalue weighted by Crippen LogP contribution is -1.91. The van der Waals surface area contributed by atoms with Crippen molar-refractivity contribution in [3.63, 3.8) is 0 Å². The summed E-state index contributed by atoms with van der Waals surface area (Å²) in [6.07, 6.45) is 3.14. The number of carboxylic acid groups (broad SMARTS) is 1. The summed E-state index contributed by atoms with van der Waals surface area (Å²) >= 11 is 0. The smallest absolute Gasteiger partial charge is 0.328 e. The molecule has 0 aliphatic carbocycles. The van der Waals surface area contributed by atoms with Gasteiger partial charge in [0.05, 0.1) is 0 Å². The Hall–Kier alpha value is -2.62. The molecule has 0 fully saturated rings. The van der Waals surface area contributed by atoms with E-state index < -0.39 is 11.8 Å². The van der Waals surface area contributed by atoms with Crippen LogP contribution < -0.4 is 4.74 Å². The summed E-state index contributed by atoms with van der Waals surface area (Å²) in [6.45, 7) is 2.04. The number of ether oxygens (including phenoxy) is 1. The van der Waals surface area contributed by atoms with Crippen molar-refractivity contribution < 1.29 is 19.0 Å². The van der Waals surface area contributed by atoms with E-state index >= 15 is 0 Å². The van der Waals surface area contributed by atoms with Crippen LogP contribution in [0.5, 0.6) is 11.5 Å². The highest BCUT2D eigenvalue weighted by Crippen LogP contribution is 2.27. The Morgan fingerprint density at radius 1 is 1.29 bits per heavy atom. The molecule has 0 unspecified atom stereocenters. The third kappa shape index (κ3) is 4.18. The van der Waals surface area contributed by atoms with Crippen molar-refractivity contribution in [1.82, 2.24) is 0 Å². The molecule has 0 amide bonds. The quantitative estimate of drug-likeness (QED) is 0.834. The van der Waals surface area contributed by atoms with Gasteiger partial charge in [0, 0.05) is 11.6 Å². The summed E-state index contributed by atoms with van der Waals surface area (Å²) in [5.74, 6) is -0.513. The van der Waals surface area contributed by atoms with Gasteiger partial charge >= 0.3 is 5.97 Å². The minimum Gasteiger partial charge on any atom is -0.478 e. The van der Waals surface area contributed by atoms with Crippen LogP contribution in [0, 0.1) is 5.82 Å². The third-order valence-electron chi connectivity index (χ3n) is 2.91. The van der Waals surface area contributed by atoms with Gasteiger partial charge in [-0.05, 0) is 48.4 Å². The van der Waals surface area contributed by atoms with Gasteiger partial charge in [-0.2, -0.15) is 0 Å². The zero-order chi connectivity index (χ0) is 15.2. The molecule has 0 aromatic heterocycles. The molecule has 0 aliphatic rings. The SMILES string of the molecule is CCc1cccc(Oc2ccc(F)cc2/C=C/C(=O)O)c1. The van der Waals surface area contributed by atoms with E-state index in [-0.39, 0.29) is 0 Å². The van der Waals surface area contributed by atoms with Crippen LogP contribution in [0.15, 0.2) is 48.5 Å². The van der Waals surface area contributed by atoms with E-state index in [0.29, 0.717) is 17.1 Å². The Kier molecular flexibility index (Phi) is 4.72. The number of halogens is 1. The zero-order valence-electron chi connectivity index (χ0n) is 11.5. The van der Waals surface area contributed by atoms with E-state index in [2.05, 4.69) is 0 Å². The van der Waals surface area contributed by atoms with Gasteiger partial charge in [-0.1, -0.05) is 19.1 Å². The molecular weight excluding hydrogens is 271 g/mol. The molecule has 2 aromatic carbocycles. The lowest BCUT2D eigenvalue weighted by atomic mass is 10.1. The molecule has 21 heavy (non-hydrogen) atoms. The van der Waals surface area contributed by atoms with Crippen LogP contribution in [0.2, 0.25) is 0 Å². The molecule has 0 saturated carbocycles. The lowest BCUT2D eigenvalue weighted by Gasteiger charge is -2.10. The molecule has 0 radical (unpaired) electrons. The lowest BCUT2D eigenvalue weighted by molar-refractivity contribution is -0.131. The van der Waals surface area contributed by atoms with Crippen molar-refractivity contribution >= 4 is 12.0 Å². The average molecular weight is 286 g/mol. The largest absolute Gasteiger partial charge is 0.478 e. The van der Waals surface area contributed by atoms with E-state index in [1.54, 1.807) is 6.07 Å². The highest BCUT2D eigenvalue weighted by molar-refractivity contribution is 5.85. The van der Waals surface area contributed by atoms with E-state index in [1.807, 2.05) is 25.1 Å². The molecule has 1 N–H and O–H groups in total. The molecule has 0 saturated heterocycles. The standard InChI is InChI=1S/C17H15FO3/c1-2-12-4-3-5-15(10-12)21-16-8-7-14(18)11-13(16)6-9-17(19)20/h3-11H,2H2,1H3,(H,19,20)/b9-6+. The molecule has 0 atom stereocenters. The Morgan fingerprint density at radius 2 is 2.10 bits per heavy atom. The molecule has 0 bridgehead atoms. The number of hydrogen-bond acceptors (Lipinski definition) is 2. The maximum absolute atomic E-state index is 13.3. The minimum atomic E-state index is -1.10. The summed E-state index contributed by atoms with van der Waals surface area (Å²) in [4.78, 5) is 10.6. The second-order valence-corrected chi connectivity index (χ2v) is 4.46. The Balaban J connectivity index is 2.32. The van der Waals surface area contributed by atoms with E-state index in [4.69, 9.17) is 9.84 Å². The predicted octanol–water partition coefficient (Wildman–Crippen LogP) is 4.28. The van der Waals surface area contributed by atoms with Crippen molar-refractivity contribution in [3.8, 4) is 11.5 Å². The monoisotopic (exact) mass is 286 g/mol. The average Bonchev–Trinajstić information content (AvgIpc) is 2.47. The van der Waals surface area contributed by atoms with Crippen molar-refractivity contribution in [1.29, 1.82) is 0 Å². The molecule has 0 aliphatic heterocycles. The van der Waals surface area contributed by atoms with Gasteiger partial charge in [-0.15, -0.1) is 0 Å². The van der Waals surface area contributed by atoms with Gasteiger partial charge in [-0.25, -0.2) is 9.18 Å². The first kappa shape index (κ1) is 14.8. The van der Waals surface area contributed by atoms with Crippen molar-refractivity contribution in [2.75, 3.05) is 0 Å². The number of carbonyl (C=O) groups is 1. The summed E-state index contributed by atoms with van der Waals surface area (Å²) in [7, 11) is 0. The van der Waals surface area contributed by atoms with Crippen molar-refractivity contribution in [2.45, 2.75) is 13.3 Å². The van der Waals surface area contributed by atoms with E-state index in [0.717, 1.165) is 18.1 Å². The number of aliphatic carboxylic acids is 1. The maximum Gasteiger partial charge on any atom is 0.328 e. The van der Waals surface area contributed by atoms with Crippen molar-refractivity contribution in [2.24, 2.45) is 0 Å². The summed E-state index contributed by atoms with van der Waals surface area (Å²) in [6, 6.07) is 11.6. The molecular formula is C17H15FO3. The first-order valence-corrected chi connectivity index (χ1v) is 6.56. The fourth-order valence-electron chi connectivity index (χ4n) is 1.86. The van der Waals surface area contributed by atoms with Gasteiger partial charge in [0.25, 0.3) is 0 Å². The van der Waals surface area contributed by atoms with Crippen LogP contribution >= 0.6 is 0 Å². The normalized spacial score (nSPS) is 10.8. The predicted molar refractivity (Wildman–Crippen MR) is 79.0 cm³/mol. The second-order valence-electron chi connectivity index (χ2n) is 4.46. The topological polar surface area (TPSA) is 46.5 Å². The van der Waals surface area contributed by atoms with Crippen LogP contribution in [0.25, 0.3) is 6.08 Å². The van der Waals surface area contributed by atoms with Crippen LogP contribution in [-0.4, -0.2) is 11.1 Å². The molecule has 108 valence electrons. The van der Waals surface area contributed by atoms with Gasteiger partial charge in [0.15, 0.2) is 0 Å².